The zero-order valence-electron chi connectivity index (χ0n) is 14.6. The highest BCUT2D eigenvalue weighted by molar-refractivity contribution is 5.96. The number of aromatic nitrogens is 2. The summed E-state index contributed by atoms with van der Waals surface area (Å²) in [7, 11) is 0. The molecule has 0 aliphatic carbocycles. The predicted octanol–water partition coefficient (Wildman–Crippen LogP) is 2.78. The molecule has 0 bridgehead atoms. The summed E-state index contributed by atoms with van der Waals surface area (Å²) in [6.07, 6.45) is 4.73. The molecule has 2 aromatic heterocycles. The number of benzene rings is 1. The molecule has 0 unspecified atom stereocenters. The fourth-order valence-corrected chi connectivity index (χ4v) is 3.43. The van der Waals surface area contributed by atoms with Crippen LogP contribution in [0.2, 0.25) is 0 Å². The zero-order chi connectivity index (χ0) is 19.0. The number of carbonyl (C=O) groups excluding carboxylic acids is 1. The minimum absolute atomic E-state index is 0.0262. The van der Waals surface area contributed by atoms with Gasteiger partial charge in [-0.15, -0.1) is 0 Å². The van der Waals surface area contributed by atoms with Crippen molar-refractivity contribution in [3.05, 3.63) is 83.2 Å². The summed E-state index contributed by atoms with van der Waals surface area (Å²) in [5.41, 5.74) is 2.23. The number of nitrogens with zero attached hydrogens (tertiary/aromatic N) is 3. The van der Waals surface area contributed by atoms with Crippen LogP contribution in [-0.4, -0.2) is 28.4 Å². The van der Waals surface area contributed by atoms with Gasteiger partial charge in [-0.3, -0.25) is 14.6 Å². The molecule has 0 spiro atoms. The van der Waals surface area contributed by atoms with E-state index in [-0.39, 0.29) is 23.1 Å². The molecule has 0 amide bonds. The summed E-state index contributed by atoms with van der Waals surface area (Å²) < 4.78 is 14.8. The van der Waals surface area contributed by atoms with E-state index < -0.39 is 0 Å². The summed E-state index contributed by atoms with van der Waals surface area (Å²) in [5, 5.41) is 0.851. The summed E-state index contributed by atoms with van der Waals surface area (Å²) in [4.78, 5) is 30.7. The molecule has 4 rings (SSSR count). The van der Waals surface area contributed by atoms with Gasteiger partial charge in [0.1, 0.15) is 5.82 Å². The molecule has 0 saturated carbocycles. The van der Waals surface area contributed by atoms with Gasteiger partial charge in [-0.25, -0.2) is 4.39 Å². The number of ketones is 1. The molecule has 136 valence electrons. The van der Waals surface area contributed by atoms with E-state index in [0.717, 1.165) is 22.2 Å². The lowest BCUT2D eigenvalue weighted by Gasteiger charge is -2.40. The van der Waals surface area contributed by atoms with Crippen LogP contribution >= 0.6 is 0 Å². The number of pyridine rings is 2. The smallest absolute Gasteiger partial charge is 0.253 e. The molecule has 0 N–H and O–H groups in total. The maximum atomic E-state index is 13.1. The van der Waals surface area contributed by atoms with E-state index in [1.807, 2.05) is 4.90 Å². The molecule has 0 radical (unpaired) electrons. The SMILES string of the molecule is C=CC(=O)C1CN(c2cc(=O)n(Cc3ccc(F)cc3)c3ccncc23)C1. The van der Waals surface area contributed by atoms with Crippen LogP contribution in [0, 0.1) is 11.7 Å². The van der Waals surface area contributed by atoms with Gasteiger partial charge in [0.05, 0.1) is 23.7 Å². The van der Waals surface area contributed by atoms with Crippen LogP contribution in [0.4, 0.5) is 10.1 Å². The van der Waals surface area contributed by atoms with Gasteiger partial charge >= 0.3 is 0 Å². The number of hydrogen-bond donors (Lipinski definition) is 0. The minimum Gasteiger partial charge on any atom is -0.369 e. The van der Waals surface area contributed by atoms with Gasteiger partial charge in [0.15, 0.2) is 5.78 Å². The molecule has 6 heteroatoms. The first-order valence-corrected chi connectivity index (χ1v) is 8.70. The number of fused-ring (bicyclic) bond motifs is 1. The standard InChI is InChI=1S/C21H18FN3O2/c1-2-20(26)15-12-24(13-15)19-9-21(27)25(18-7-8-23-10-17(18)19)11-14-3-5-16(22)6-4-14/h2-10,15H,1,11-13H2. The second-order valence-corrected chi connectivity index (χ2v) is 6.68. The first kappa shape index (κ1) is 17.1. The topological polar surface area (TPSA) is 55.2 Å². The van der Waals surface area contributed by atoms with Crippen molar-refractivity contribution in [1.82, 2.24) is 9.55 Å². The monoisotopic (exact) mass is 363 g/mol. The lowest BCUT2D eigenvalue weighted by atomic mass is 9.94. The van der Waals surface area contributed by atoms with Crippen molar-refractivity contribution >= 4 is 22.4 Å². The lowest BCUT2D eigenvalue weighted by Crippen LogP contribution is -2.50. The van der Waals surface area contributed by atoms with E-state index >= 15 is 0 Å². The molecule has 0 atom stereocenters. The molecular weight excluding hydrogens is 345 g/mol. The van der Waals surface area contributed by atoms with Crippen LogP contribution < -0.4 is 10.5 Å². The molecule has 5 nitrogen and oxygen atoms in total. The summed E-state index contributed by atoms with van der Waals surface area (Å²) in [6, 6.07) is 9.50. The van der Waals surface area contributed by atoms with Crippen LogP contribution in [0.5, 0.6) is 0 Å². The van der Waals surface area contributed by atoms with Crippen molar-refractivity contribution in [3.8, 4) is 0 Å². The van der Waals surface area contributed by atoms with E-state index in [0.29, 0.717) is 19.6 Å². The van der Waals surface area contributed by atoms with Crippen LogP contribution in [0.3, 0.4) is 0 Å². The van der Waals surface area contributed by atoms with Crippen molar-refractivity contribution < 1.29 is 9.18 Å². The summed E-state index contributed by atoms with van der Waals surface area (Å²) in [6.45, 7) is 5.00. The van der Waals surface area contributed by atoms with E-state index in [2.05, 4.69) is 11.6 Å². The number of carbonyl (C=O) groups is 1. The van der Waals surface area contributed by atoms with Crippen LogP contribution in [0.15, 0.2) is 66.2 Å². The van der Waals surface area contributed by atoms with Crippen molar-refractivity contribution in [2.24, 2.45) is 5.92 Å². The van der Waals surface area contributed by atoms with Crippen LogP contribution in [0.1, 0.15) is 5.56 Å². The van der Waals surface area contributed by atoms with Gasteiger partial charge in [0, 0.05) is 36.9 Å². The average Bonchev–Trinajstić information content (AvgIpc) is 2.64. The van der Waals surface area contributed by atoms with Gasteiger partial charge in [-0.1, -0.05) is 18.7 Å². The molecule has 1 aliphatic heterocycles. The first-order valence-electron chi connectivity index (χ1n) is 8.70. The Labute approximate surface area is 155 Å². The third-order valence-corrected chi connectivity index (χ3v) is 4.97. The highest BCUT2D eigenvalue weighted by atomic mass is 19.1. The van der Waals surface area contributed by atoms with Gasteiger partial charge in [0.2, 0.25) is 0 Å². The molecular formula is C21H18FN3O2. The Kier molecular flexibility index (Phi) is 4.32. The van der Waals surface area contributed by atoms with Gasteiger partial charge in [0.25, 0.3) is 5.56 Å². The predicted molar refractivity (Wildman–Crippen MR) is 102 cm³/mol. The third kappa shape index (κ3) is 3.14. The first-order chi connectivity index (χ1) is 13.1. The zero-order valence-corrected chi connectivity index (χ0v) is 14.6. The third-order valence-electron chi connectivity index (χ3n) is 4.97. The van der Waals surface area contributed by atoms with Crippen molar-refractivity contribution in [1.29, 1.82) is 0 Å². The Bertz CT molecular complexity index is 1080. The molecule has 1 saturated heterocycles. The Morgan fingerprint density at radius 3 is 2.70 bits per heavy atom. The van der Waals surface area contributed by atoms with E-state index in [4.69, 9.17) is 0 Å². The molecule has 3 aromatic rings. The van der Waals surface area contributed by atoms with Gasteiger partial charge in [-0.05, 0) is 29.8 Å². The van der Waals surface area contributed by atoms with Crippen LogP contribution in [-0.2, 0) is 11.3 Å². The van der Waals surface area contributed by atoms with Gasteiger partial charge < -0.3 is 9.47 Å². The molecule has 1 aromatic carbocycles. The highest BCUT2D eigenvalue weighted by Gasteiger charge is 2.32. The number of halogens is 1. The maximum absolute atomic E-state index is 13.1. The Hall–Kier alpha value is -3.28. The average molecular weight is 363 g/mol. The number of rotatable bonds is 5. The lowest BCUT2D eigenvalue weighted by molar-refractivity contribution is -0.118. The number of allylic oxidation sites excluding steroid dienone is 1. The van der Waals surface area contributed by atoms with Crippen LogP contribution in [0.25, 0.3) is 10.9 Å². The quantitative estimate of drug-likeness (QED) is 0.654. The second-order valence-electron chi connectivity index (χ2n) is 6.68. The normalized spacial score (nSPS) is 14.2. The molecule has 27 heavy (non-hydrogen) atoms. The molecule has 3 heterocycles. The fourth-order valence-electron chi connectivity index (χ4n) is 3.43. The second kappa shape index (κ2) is 6.79. The Balaban J connectivity index is 1.72. The molecule has 1 fully saturated rings. The Morgan fingerprint density at radius 1 is 1.26 bits per heavy atom. The largest absolute Gasteiger partial charge is 0.369 e. The maximum Gasteiger partial charge on any atom is 0.253 e. The fraction of sp³-hybridized carbons (Fsp3) is 0.190. The van der Waals surface area contributed by atoms with Crippen molar-refractivity contribution in [2.75, 3.05) is 18.0 Å². The summed E-state index contributed by atoms with van der Waals surface area (Å²) in [5.74, 6) is -0.355. The minimum atomic E-state index is -0.308. The van der Waals surface area contributed by atoms with E-state index in [1.54, 1.807) is 41.2 Å². The van der Waals surface area contributed by atoms with Crippen molar-refractivity contribution in [2.45, 2.75) is 6.54 Å². The van der Waals surface area contributed by atoms with Gasteiger partial charge in [-0.2, -0.15) is 0 Å². The number of anilines is 1. The van der Waals surface area contributed by atoms with Crippen molar-refractivity contribution in [3.63, 3.8) is 0 Å². The van der Waals surface area contributed by atoms with E-state index in [1.165, 1.54) is 18.2 Å². The number of hydrogen-bond acceptors (Lipinski definition) is 4. The van der Waals surface area contributed by atoms with E-state index in [9.17, 15) is 14.0 Å². The Morgan fingerprint density at radius 2 is 2.00 bits per heavy atom. The summed E-state index contributed by atoms with van der Waals surface area (Å²) >= 11 is 0. The highest BCUT2D eigenvalue weighted by Crippen LogP contribution is 2.30. The molecule has 1 aliphatic rings.